The SMILES string of the molecule is COc1cc(CCC(=O)NCc2ccc(Cn3cncn3)cc2)ccc1OCC(F)(F)F. The molecule has 1 heterocycles. The van der Waals surface area contributed by atoms with Gasteiger partial charge in [-0.05, 0) is 35.2 Å². The Hall–Kier alpha value is -3.56. The van der Waals surface area contributed by atoms with Crippen molar-refractivity contribution < 1.29 is 27.4 Å². The predicted molar refractivity (Wildman–Crippen MR) is 110 cm³/mol. The fourth-order valence-electron chi connectivity index (χ4n) is 2.96. The van der Waals surface area contributed by atoms with E-state index >= 15 is 0 Å². The van der Waals surface area contributed by atoms with Crippen LogP contribution in [0.25, 0.3) is 0 Å². The quantitative estimate of drug-likeness (QED) is 0.514. The van der Waals surface area contributed by atoms with Crippen molar-refractivity contribution in [3.05, 3.63) is 71.8 Å². The summed E-state index contributed by atoms with van der Waals surface area (Å²) in [5.41, 5.74) is 2.80. The molecule has 170 valence electrons. The molecule has 1 amide bonds. The van der Waals surface area contributed by atoms with Crippen molar-refractivity contribution in [3.8, 4) is 11.5 Å². The molecular weight excluding hydrogens is 425 g/mol. The number of hydrogen-bond donors (Lipinski definition) is 1. The lowest BCUT2D eigenvalue weighted by Gasteiger charge is -2.13. The number of carbonyl (C=O) groups is 1. The summed E-state index contributed by atoms with van der Waals surface area (Å²) in [5, 5.41) is 6.93. The van der Waals surface area contributed by atoms with Crippen LogP contribution in [-0.4, -0.2) is 40.6 Å². The van der Waals surface area contributed by atoms with Crippen molar-refractivity contribution in [3.63, 3.8) is 0 Å². The first-order chi connectivity index (χ1) is 15.3. The number of rotatable bonds is 10. The molecule has 1 N–H and O–H groups in total. The van der Waals surface area contributed by atoms with Gasteiger partial charge in [-0.1, -0.05) is 30.3 Å². The van der Waals surface area contributed by atoms with Gasteiger partial charge < -0.3 is 14.8 Å². The second-order valence-corrected chi connectivity index (χ2v) is 7.08. The van der Waals surface area contributed by atoms with Crippen LogP contribution in [-0.2, 0) is 24.3 Å². The van der Waals surface area contributed by atoms with E-state index in [0.717, 1.165) is 16.7 Å². The molecule has 1 aromatic heterocycles. The molecule has 7 nitrogen and oxygen atoms in total. The minimum Gasteiger partial charge on any atom is -0.493 e. The molecule has 3 aromatic rings. The summed E-state index contributed by atoms with van der Waals surface area (Å²) in [6.07, 6.45) is -0.656. The molecule has 0 saturated carbocycles. The van der Waals surface area contributed by atoms with Gasteiger partial charge in [0, 0.05) is 13.0 Å². The van der Waals surface area contributed by atoms with E-state index in [-0.39, 0.29) is 23.8 Å². The van der Waals surface area contributed by atoms with E-state index in [9.17, 15) is 18.0 Å². The van der Waals surface area contributed by atoms with Crippen LogP contribution in [0.2, 0.25) is 0 Å². The summed E-state index contributed by atoms with van der Waals surface area (Å²) >= 11 is 0. The zero-order chi connectivity index (χ0) is 23.0. The number of ether oxygens (including phenoxy) is 2. The van der Waals surface area contributed by atoms with Crippen LogP contribution in [0.5, 0.6) is 11.5 Å². The van der Waals surface area contributed by atoms with Gasteiger partial charge in [-0.15, -0.1) is 0 Å². The smallest absolute Gasteiger partial charge is 0.422 e. The van der Waals surface area contributed by atoms with E-state index in [1.54, 1.807) is 23.1 Å². The molecular formula is C22H23F3N4O3. The lowest BCUT2D eigenvalue weighted by atomic mass is 10.1. The molecule has 2 aromatic carbocycles. The van der Waals surface area contributed by atoms with Gasteiger partial charge in [-0.2, -0.15) is 18.3 Å². The first-order valence-corrected chi connectivity index (χ1v) is 9.86. The van der Waals surface area contributed by atoms with Crippen LogP contribution in [0.3, 0.4) is 0 Å². The van der Waals surface area contributed by atoms with Gasteiger partial charge in [0.2, 0.25) is 5.91 Å². The number of nitrogens with one attached hydrogen (secondary N) is 1. The largest absolute Gasteiger partial charge is 0.493 e. The van der Waals surface area contributed by atoms with Gasteiger partial charge >= 0.3 is 6.18 Å². The normalized spacial score (nSPS) is 11.2. The number of hydrogen-bond acceptors (Lipinski definition) is 5. The van der Waals surface area contributed by atoms with E-state index < -0.39 is 12.8 Å². The highest BCUT2D eigenvalue weighted by Crippen LogP contribution is 2.30. The number of aromatic nitrogens is 3. The topological polar surface area (TPSA) is 78.3 Å². The number of aryl methyl sites for hydroxylation is 1. The Labute approximate surface area is 183 Å². The van der Waals surface area contributed by atoms with E-state index in [2.05, 4.69) is 15.4 Å². The molecule has 0 aliphatic carbocycles. The van der Waals surface area contributed by atoms with Crippen molar-refractivity contribution in [2.24, 2.45) is 0 Å². The molecule has 0 unspecified atom stereocenters. The van der Waals surface area contributed by atoms with Crippen LogP contribution >= 0.6 is 0 Å². The number of nitrogens with zero attached hydrogens (tertiary/aromatic N) is 3. The second-order valence-electron chi connectivity index (χ2n) is 7.08. The van der Waals surface area contributed by atoms with Gasteiger partial charge in [0.05, 0.1) is 13.7 Å². The summed E-state index contributed by atoms with van der Waals surface area (Å²) in [7, 11) is 1.35. The highest BCUT2D eigenvalue weighted by molar-refractivity contribution is 5.76. The van der Waals surface area contributed by atoms with Gasteiger partial charge in [0.1, 0.15) is 12.7 Å². The third kappa shape index (κ3) is 7.29. The van der Waals surface area contributed by atoms with Crippen molar-refractivity contribution in [2.45, 2.75) is 32.1 Å². The van der Waals surface area contributed by atoms with Gasteiger partial charge in [-0.3, -0.25) is 4.79 Å². The summed E-state index contributed by atoms with van der Waals surface area (Å²) in [6.45, 7) is -0.376. The highest BCUT2D eigenvalue weighted by atomic mass is 19.4. The molecule has 0 aliphatic rings. The Morgan fingerprint density at radius 1 is 1.06 bits per heavy atom. The van der Waals surface area contributed by atoms with Gasteiger partial charge in [-0.25, -0.2) is 9.67 Å². The molecule has 0 bridgehead atoms. The number of alkyl halides is 3. The molecule has 0 atom stereocenters. The number of amides is 1. The van der Waals surface area contributed by atoms with Crippen molar-refractivity contribution in [1.29, 1.82) is 0 Å². The maximum Gasteiger partial charge on any atom is 0.422 e. The third-order valence-corrected chi connectivity index (χ3v) is 4.58. The van der Waals surface area contributed by atoms with E-state index in [4.69, 9.17) is 9.47 Å². The molecule has 10 heteroatoms. The number of methoxy groups -OCH3 is 1. The van der Waals surface area contributed by atoms with Crippen LogP contribution in [0.4, 0.5) is 13.2 Å². The average Bonchev–Trinajstić information content (AvgIpc) is 3.28. The Morgan fingerprint density at radius 2 is 1.78 bits per heavy atom. The minimum atomic E-state index is -4.43. The fraction of sp³-hybridized carbons (Fsp3) is 0.318. The Morgan fingerprint density at radius 3 is 2.44 bits per heavy atom. The summed E-state index contributed by atoms with van der Waals surface area (Å²) in [6, 6.07) is 12.4. The lowest BCUT2D eigenvalue weighted by molar-refractivity contribution is -0.153. The predicted octanol–water partition coefficient (Wildman–Crippen LogP) is 3.53. The Balaban J connectivity index is 1.45. The third-order valence-electron chi connectivity index (χ3n) is 4.58. The second kappa shape index (κ2) is 10.7. The lowest BCUT2D eigenvalue weighted by Crippen LogP contribution is -2.23. The highest BCUT2D eigenvalue weighted by Gasteiger charge is 2.29. The van der Waals surface area contributed by atoms with Gasteiger partial charge in [0.25, 0.3) is 0 Å². The number of carbonyl (C=O) groups excluding carboxylic acids is 1. The van der Waals surface area contributed by atoms with Crippen LogP contribution < -0.4 is 14.8 Å². The van der Waals surface area contributed by atoms with E-state index in [0.29, 0.717) is 19.5 Å². The zero-order valence-corrected chi connectivity index (χ0v) is 17.4. The monoisotopic (exact) mass is 448 g/mol. The van der Waals surface area contributed by atoms with Crippen molar-refractivity contribution in [2.75, 3.05) is 13.7 Å². The maximum atomic E-state index is 12.3. The summed E-state index contributed by atoms with van der Waals surface area (Å²) in [5.74, 6) is 0.0662. The summed E-state index contributed by atoms with van der Waals surface area (Å²) < 4.78 is 48.6. The van der Waals surface area contributed by atoms with Crippen LogP contribution in [0, 0.1) is 0 Å². The number of halogens is 3. The fourth-order valence-corrected chi connectivity index (χ4v) is 2.96. The van der Waals surface area contributed by atoms with E-state index in [1.165, 1.54) is 19.5 Å². The number of benzene rings is 2. The molecule has 0 fully saturated rings. The minimum absolute atomic E-state index is 0.00490. The molecule has 0 spiro atoms. The van der Waals surface area contributed by atoms with Crippen molar-refractivity contribution in [1.82, 2.24) is 20.1 Å². The van der Waals surface area contributed by atoms with Crippen molar-refractivity contribution >= 4 is 5.91 Å². The van der Waals surface area contributed by atoms with Gasteiger partial charge in [0.15, 0.2) is 18.1 Å². The van der Waals surface area contributed by atoms with E-state index in [1.807, 2.05) is 24.3 Å². The Kier molecular flexibility index (Phi) is 7.69. The first kappa shape index (κ1) is 23.1. The Bertz CT molecular complexity index is 1010. The standard InChI is InChI=1S/C22H23F3N4O3/c1-31-20-10-16(6-8-19(20)32-13-22(23,24)25)7-9-21(30)27-11-17-2-4-18(5-3-17)12-29-15-26-14-28-29/h2-6,8,10,14-15H,7,9,11-13H2,1H3,(H,27,30). The molecule has 3 rings (SSSR count). The molecule has 0 aliphatic heterocycles. The molecule has 32 heavy (non-hydrogen) atoms. The summed E-state index contributed by atoms with van der Waals surface area (Å²) in [4.78, 5) is 16.1. The van der Waals surface area contributed by atoms with Crippen LogP contribution in [0.15, 0.2) is 55.1 Å². The zero-order valence-electron chi connectivity index (χ0n) is 17.4. The van der Waals surface area contributed by atoms with Crippen LogP contribution in [0.1, 0.15) is 23.1 Å². The first-order valence-electron chi connectivity index (χ1n) is 9.86. The maximum absolute atomic E-state index is 12.3. The average molecular weight is 448 g/mol. The molecule has 0 saturated heterocycles. The molecule has 0 radical (unpaired) electrons.